The van der Waals surface area contributed by atoms with Crippen LogP contribution in [-0.2, 0) is 6.42 Å². The molecule has 0 unspecified atom stereocenters. The van der Waals surface area contributed by atoms with Crippen molar-refractivity contribution in [2.75, 3.05) is 32.7 Å². The largest absolute Gasteiger partial charge is 0.314 e. The molecule has 17 heavy (non-hydrogen) atoms. The first-order chi connectivity index (χ1) is 8.34. The molecule has 0 amide bonds. The van der Waals surface area contributed by atoms with Crippen molar-refractivity contribution >= 4 is 0 Å². The van der Waals surface area contributed by atoms with Crippen LogP contribution < -0.4 is 5.32 Å². The molecular formula is C15H22N2. The Morgan fingerprint density at radius 2 is 1.94 bits per heavy atom. The van der Waals surface area contributed by atoms with Gasteiger partial charge in [-0.15, -0.1) is 0 Å². The summed E-state index contributed by atoms with van der Waals surface area (Å²) in [5.74, 6) is 0. The highest BCUT2D eigenvalue weighted by atomic mass is 15.2. The molecule has 0 bridgehead atoms. The monoisotopic (exact) mass is 230 g/mol. The first-order valence-electron chi connectivity index (χ1n) is 6.47. The predicted octanol–water partition coefficient (Wildman–Crippen LogP) is 2.08. The fourth-order valence-electron chi connectivity index (χ4n) is 2.19. The number of rotatable bonds is 4. The lowest BCUT2D eigenvalue weighted by Crippen LogP contribution is -2.43. The summed E-state index contributed by atoms with van der Waals surface area (Å²) in [4.78, 5) is 2.52. The van der Waals surface area contributed by atoms with Crippen LogP contribution in [0.5, 0.6) is 0 Å². The maximum absolute atomic E-state index is 3.38. The predicted molar refractivity (Wildman–Crippen MR) is 73.2 cm³/mol. The molecule has 0 saturated carbocycles. The van der Waals surface area contributed by atoms with E-state index in [1.54, 1.807) is 0 Å². The van der Waals surface area contributed by atoms with Crippen molar-refractivity contribution in [3.05, 3.63) is 47.5 Å². The Bertz CT molecular complexity index is 350. The van der Waals surface area contributed by atoms with Gasteiger partial charge in [0, 0.05) is 32.7 Å². The van der Waals surface area contributed by atoms with Gasteiger partial charge in [0.2, 0.25) is 0 Å². The standard InChI is InChI=1S/C15H22N2/c1-14(13-17-11-9-16-10-12-17)7-8-15-5-3-2-4-6-15/h2-7,16H,8-13H2,1H3/b14-7+. The van der Waals surface area contributed by atoms with Crippen LogP contribution >= 0.6 is 0 Å². The second-order valence-corrected chi connectivity index (χ2v) is 4.77. The Balaban J connectivity index is 1.80. The highest BCUT2D eigenvalue weighted by molar-refractivity contribution is 5.19. The van der Waals surface area contributed by atoms with Crippen molar-refractivity contribution in [3.8, 4) is 0 Å². The average molecular weight is 230 g/mol. The molecule has 2 heteroatoms. The van der Waals surface area contributed by atoms with Gasteiger partial charge in [-0.25, -0.2) is 0 Å². The van der Waals surface area contributed by atoms with E-state index >= 15 is 0 Å². The number of hydrogen-bond acceptors (Lipinski definition) is 2. The maximum Gasteiger partial charge on any atom is 0.0191 e. The summed E-state index contributed by atoms with van der Waals surface area (Å²) >= 11 is 0. The third-order valence-corrected chi connectivity index (χ3v) is 3.21. The zero-order valence-electron chi connectivity index (χ0n) is 10.7. The van der Waals surface area contributed by atoms with Gasteiger partial charge < -0.3 is 5.32 Å². The van der Waals surface area contributed by atoms with E-state index in [0.717, 1.165) is 26.1 Å². The van der Waals surface area contributed by atoms with Crippen molar-refractivity contribution in [3.63, 3.8) is 0 Å². The molecule has 92 valence electrons. The number of piperazine rings is 1. The van der Waals surface area contributed by atoms with E-state index < -0.39 is 0 Å². The average Bonchev–Trinajstić information content (AvgIpc) is 2.39. The fraction of sp³-hybridized carbons (Fsp3) is 0.467. The van der Waals surface area contributed by atoms with E-state index in [1.807, 2.05) is 0 Å². The molecule has 1 aliphatic rings. The molecule has 0 atom stereocenters. The van der Waals surface area contributed by atoms with Crippen LogP contribution in [0.2, 0.25) is 0 Å². The summed E-state index contributed by atoms with van der Waals surface area (Å²) in [6, 6.07) is 10.7. The summed E-state index contributed by atoms with van der Waals surface area (Å²) in [6.45, 7) is 7.98. The number of benzene rings is 1. The van der Waals surface area contributed by atoms with Gasteiger partial charge in [0.05, 0.1) is 0 Å². The van der Waals surface area contributed by atoms with Gasteiger partial charge in [0.1, 0.15) is 0 Å². The Morgan fingerprint density at radius 1 is 1.24 bits per heavy atom. The number of hydrogen-bond donors (Lipinski definition) is 1. The van der Waals surface area contributed by atoms with Crippen LogP contribution in [-0.4, -0.2) is 37.6 Å². The summed E-state index contributed by atoms with van der Waals surface area (Å²) in [6.07, 6.45) is 3.41. The highest BCUT2D eigenvalue weighted by Crippen LogP contribution is 2.05. The second kappa shape index (κ2) is 6.58. The molecule has 1 fully saturated rings. The minimum absolute atomic E-state index is 1.05. The number of nitrogens with one attached hydrogen (secondary N) is 1. The lowest BCUT2D eigenvalue weighted by Gasteiger charge is -2.27. The SMILES string of the molecule is C/C(=C\Cc1ccccc1)CN1CCNCC1. The number of nitrogens with zero attached hydrogens (tertiary/aromatic N) is 1. The molecule has 2 nitrogen and oxygen atoms in total. The zero-order valence-corrected chi connectivity index (χ0v) is 10.7. The van der Waals surface area contributed by atoms with Gasteiger partial charge in [-0.1, -0.05) is 42.0 Å². The van der Waals surface area contributed by atoms with E-state index in [1.165, 1.54) is 24.2 Å². The minimum atomic E-state index is 1.05. The third-order valence-electron chi connectivity index (χ3n) is 3.21. The molecule has 1 aliphatic heterocycles. The van der Waals surface area contributed by atoms with Crippen molar-refractivity contribution in [2.24, 2.45) is 0 Å². The summed E-state index contributed by atoms with van der Waals surface area (Å²) in [5.41, 5.74) is 2.88. The molecule has 0 aliphatic carbocycles. The minimum Gasteiger partial charge on any atom is -0.314 e. The quantitative estimate of drug-likeness (QED) is 0.797. The van der Waals surface area contributed by atoms with Gasteiger partial charge in [0.15, 0.2) is 0 Å². The molecule has 0 aromatic heterocycles. The second-order valence-electron chi connectivity index (χ2n) is 4.77. The Morgan fingerprint density at radius 3 is 2.65 bits per heavy atom. The number of allylic oxidation sites excluding steroid dienone is 1. The molecule has 0 radical (unpaired) electrons. The van der Waals surface area contributed by atoms with E-state index in [0.29, 0.717) is 0 Å². The van der Waals surface area contributed by atoms with Gasteiger partial charge in [-0.3, -0.25) is 4.90 Å². The van der Waals surface area contributed by atoms with Crippen molar-refractivity contribution in [2.45, 2.75) is 13.3 Å². The highest BCUT2D eigenvalue weighted by Gasteiger charge is 2.08. The molecule has 1 heterocycles. The molecule has 1 N–H and O–H groups in total. The molecule has 2 rings (SSSR count). The maximum atomic E-state index is 3.38. The smallest absolute Gasteiger partial charge is 0.0191 e. The van der Waals surface area contributed by atoms with Gasteiger partial charge in [0.25, 0.3) is 0 Å². The first-order valence-corrected chi connectivity index (χ1v) is 6.47. The molecular weight excluding hydrogens is 208 g/mol. The van der Waals surface area contributed by atoms with Crippen LogP contribution in [0.15, 0.2) is 42.0 Å². The Labute approximate surface area is 104 Å². The Kier molecular flexibility index (Phi) is 4.77. The van der Waals surface area contributed by atoms with Crippen LogP contribution in [0, 0.1) is 0 Å². The van der Waals surface area contributed by atoms with Gasteiger partial charge in [-0.05, 0) is 18.9 Å². The molecule has 1 aromatic carbocycles. The lowest BCUT2D eigenvalue weighted by molar-refractivity contribution is 0.259. The molecule has 1 aromatic rings. The summed E-state index contributed by atoms with van der Waals surface area (Å²) in [5, 5.41) is 3.38. The topological polar surface area (TPSA) is 15.3 Å². The van der Waals surface area contributed by atoms with E-state index in [9.17, 15) is 0 Å². The van der Waals surface area contributed by atoms with Crippen LogP contribution in [0.4, 0.5) is 0 Å². The van der Waals surface area contributed by atoms with Gasteiger partial charge in [-0.2, -0.15) is 0 Å². The Hall–Kier alpha value is -1.12. The molecule has 0 spiro atoms. The summed E-state index contributed by atoms with van der Waals surface area (Å²) in [7, 11) is 0. The van der Waals surface area contributed by atoms with Crippen LogP contribution in [0.25, 0.3) is 0 Å². The van der Waals surface area contributed by atoms with Crippen molar-refractivity contribution in [1.29, 1.82) is 0 Å². The zero-order chi connectivity index (χ0) is 11.9. The van der Waals surface area contributed by atoms with E-state index in [-0.39, 0.29) is 0 Å². The lowest BCUT2D eigenvalue weighted by atomic mass is 10.1. The first kappa shape index (κ1) is 12.3. The summed E-state index contributed by atoms with van der Waals surface area (Å²) < 4.78 is 0. The van der Waals surface area contributed by atoms with Gasteiger partial charge >= 0.3 is 0 Å². The van der Waals surface area contributed by atoms with Crippen molar-refractivity contribution < 1.29 is 0 Å². The fourth-order valence-corrected chi connectivity index (χ4v) is 2.19. The van der Waals surface area contributed by atoms with E-state index in [4.69, 9.17) is 0 Å². The van der Waals surface area contributed by atoms with Crippen LogP contribution in [0.1, 0.15) is 12.5 Å². The van der Waals surface area contributed by atoms with E-state index in [2.05, 4.69) is 53.5 Å². The molecule has 1 saturated heterocycles. The van der Waals surface area contributed by atoms with Crippen molar-refractivity contribution in [1.82, 2.24) is 10.2 Å². The van der Waals surface area contributed by atoms with Crippen LogP contribution in [0.3, 0.4) is 0 Å². The normalized spacial score (nSPS) is 18.3. The third kappa shape index (κ3) is 4.33.